The largest absolute Gasteiger partial charge is 0.309 e. The van der Waals surface area contributed by atoms with E-state index in [2.05, 4.69) is 67.7 Å². The van der Waals surface area contributed by atoms with Crippen LogP contribution in [0.1, 0.15) is 29.7 Å². The minimum Gasteiger partial charge on any atom is -0.309 e. The average Bonchev–Trinajstić information content (AvgIpc) is 2.88. The standard InChI is InChI=1S/C18H21NS/c1-13-7-9-15(10-8-13)14(2)19-12-17-11-16-5-3-4-6-18(16)20-17/h3-10,14,17,19H,11-12H2,1-2H3/t14-,17?/m0/s1. The highest BCUT2D eigenvalue weighted by atomic mass is 32.2. The van der Waals surface area contributed by atoms with Crippen molar-refractivity contribution in [2.24, 2.45) is 0 Å². The van der Waals surface area contributed by atoms with Crippen LogP contribution in [0.5, 0.6) is 0 Å². The zero-order valence-corrected chi connectivity index (χ0v) is 12.9. The minimum atomic E-state index is 0.417. The summed E-state index contributed by atoms with van der Waals surface area (Å²) in [7, 11) is 0. The normalized spacial score (nSPS) is 18.8. The summed E-state index contributed by atoms with van der Waals surface area (Å²) in [6.07, 6.45) is 1.19. The lowest BCUT2D eigenvalue weighted by Gasteiger charge is -2.17. The molecule has 1 nitrogen and oxygen atoms in total. The Kier molecular flexibility index (Phi) is 4.13. The molecule has 2 aromatic carbocycles. The third-order valence-electron chi connectivity index (χ3n) is 3.94. The zero-order chi connectivity index (χ0) is 13.9. The summed E-state index contributed by atoms with van der Waals surface area (Å²) < 4.78 is 0. The molecule has 0 amide bonds. The Hall–Kier alpha value is -1.25. The van der Waals surface area contributed by atoms with Crippen molar-refractivity contribution in [2.75, 3.05) is 6.54 Å². The SMILES string of the molecule is Cc1ccc([C@H](C)NCC2Cc3ccccc3S2)cc1. The number of nitrogens with one attached hydrogen (secondary N) is 1. The van der Waals surface area contributed by atoms with Gasteiger partial charge in [0.1, 0.15) is 0 Å². The number of benzene rings is 2. The first kappa shape index (κ1) is 13.7. The van der Waals surface area contributed by atoms with Gasteiger partial charge in [-0.15, -0.1) is 11.8 Å². The van der Waals surface area contributed by atoms with E-state index in [0.717, 1.165) is 6.54 Å². The summed E-state index contributed by atoms with van der Waals surface area (Å²) in [5, 5.41) is 4.34. The van der Waals surface area contributed by atoms with E-state index in [1.54, 1.807) is 0 Å². The Morgan fingerprint density at radius 1 is 1.15 bits per heavy atom. The Bertz CT molecular complexity index is 551. The van der Waals surface area contributed by atoms with E-state index >= 15 is 0 Å². The van der Waals surface area contributed by atoms with Crippen LogP contribution in [-0.2, 0) is 6.42 Å². The molecular formula is C18H21NS. The molecule has 2 atom stereocenters. The summed E-state index contributed by atoms with van der Waals surface area (Å²) >= 11 is 2.01. The van der Waals surface area contributed by atoms with Crippen LogP contribution >= 0.6 is 11.8 Å². The molecule has 1 unspecified atom stereocenters. The van der Waals surface area contributed by atoms with E-state index in [-0.39, 0.29) is 0 Å². The summed E-state index contributed by atoms with van der Waals surface area (Å²) in [5.74, 6) is 0. The minimum absolute atomic E-state index is 0.417. The van der Waals surface area contributed by atoms with Crippen molar-refractivity contribution in [3.8, 4) is 0 Å². The van der Waals surface area contributed by atoms with Crippen LogP contribution in [0.15, 0.2) is 53.4 Å². The molecule has 2 heteroatoms. The maximum atomic E-state index is 3.67. The van der Waals surface area contributed by atoms with Crippen LogP contribution in [0.25, 0.3) is 0 Å². The molecule has 20 heavy (non-hydrogen) atoms. The molecule has 1 heterocycles. The number of aryl methyl sites for hydroxylation is 1. The van der Waals surface area contributed by atoms with Crippen molar-refractivity contribution in [1.82, 2.24) is 5.32 Å². The van der Waals surface area contributed by atoms with Crippen LogP contribution < -0.4 is 5.32 Å². The molecule has 3 rings (SSSR count). The smallest absolute Gasteiger partial charge is 0.0292 e. The molecule has 0 aromatic heterocycles. The van der Waals surface area contributed by atoms with Crippen molar-refractivity contribution in [1.29, 1.82) is 0 Å². The predicted molar refractivity (Wildman–Crippen MR) is 87.4 cm³/mol. The zero-order valence-electron chi connectivity index (χ0n) is 12.1. The number of rotatable bonds is 4. The molecule has 0 aliphatic carbocycles. The summed E-state index contributed by atoms with van der Waals surface area (Å²) in [6, 6.07) is 18.0. The number of thioether (sulfide) groups is 1. The third-order valence-corrected chi connectivity index (χ3v) is 5.26. The lowest BCUT2D eigenvalue weighted by Crippen LogP contribution is -2.27. The van der Waals surface area contributed by atoms with E-state index in [0.29, 0.717) is 11.3 Å². The Morgan fingerprint density at radius 3 is 2.65 bits per heavy atom. The Balaban J connectivity index is 1.55. The molecule has 1 aliphatic heterocycles. The molecule has 0 saturated heterocycles. The van der Waals surface area contributed by atoms with Gasteiger partial charge in [-0.3, -0.25) is 0 Å². The third kappa shape index (κ3) is 3.08. The molecule has 104 valence electrons. The van der Waals surface area contributed by atoms with E-state index in [4.69, 9.17) is 0 Å². The molecule has 0 fully saturated rings. The first-order chi connectivity index (χ1) is 9.72. The highest BCUT2D eigenvalue weighted by Gasteiger charge is 2.21. The van der Waals surface area contributed by atoms with Gasteiger partial charge in [-0.1, -0.05) is 48.0 Å². The van der Waals surface area contributed by atoms with E-state index < -0.39 is 0 Å². The first-order valence-corrected chi connectivity index (χ1v) is 8.15. The fourth-order valence-electron chi connectivity index (χ4n) is 2.65. The molecule has 0 spiro atoms. The second-order valence-corrected chi connectivity index (χ2v) is 6.93. The first-order valence-electron chi connectivity index (χ1n) is 7.27. The average molecular weight is 283 g/mol. The van der Waals surface area contributed by atoms with Crippen molar-refractivity contribution in [3.05, 3.63) is 65.2 Å². The van der Waals surface area contributed by atoms with Crippen LogP contribution in [0.4, 0.5) is 0 Å². The van der Waals surface area contributed by atoms with Crippen LogP contribution in [-0.4, -0.2) is 11.8 Å². The highest BCUT2D eigenvalue weighted by molar-refractivity contribution is 8.00. The van der Waals surface area contributed by atoms with E-state index in [1.807, 2.05) is 11.8 Å². The van der Waals surface area contributed by atoms with Crippen molar-refractivity contribution < 1.29 is 0 Å². The fraction of sp³-hybridized carbons (Fsp3) is 0.333. The van der Waals surface area contributed by atoms with E-state index in [9.17, 15) is 0 Å². The molecule has 1 N–H and O–H groups in total. The maximum absolute atomic E-state index is 3.67. The van der Waals surface area contributed by atoms with Gasteiger partial charge in [0.2, 0.25) is 0 Å². The highest BCUT2D eigenvalue weighted by Crippen LogP contribution is 2.36. The predicted octanol–water partition coefficient (Wildman–Crippen LogP) is 4.36. The van der Waals surface area contributed by atoms with Gasteiger partial charge in [-0.2, -0.15) is 0 Å². The number of hydrogen-bond acceptors (Lipinski definition) is 2. The Morgan fingerprint density at radius 2 is 1.90 bits per heavy atom. The van der Waals surface area contributed by atoms with Gasteiger partial charge in [-0.25, -0.2) is 0 Å². The molecule has 1 aliphatic rings. The fourth-order valence-corrected chi connectivity index (χ4v) is 3.91. The van der Waals surface area contributed by atoms with Gasteiger partial charge < -0.3 is 5.32 Å². The van der Waals surface area contributed by atoms with Crippen molar-refractivity contribution >= 4 is 11.8 Å². The monoisotopic (exact) mass is 283 g/mol. The van der Waals surface area contributed by atoms with Gasteiger partial charge in [0.25, 0.3) is 0 Å². The molecule has 2 aromatic rings. The molecular weight excluding hydrogens is 262 g/mol. The Labute approximate surface area is 125 Å². The van der Waals surface area contributed by atoms with Gasteiger partial charge >= 0.3 is 0 Å². The molecule has 0 saturated carbocycles. The molecule has 0 bridgehead atoms. The lowest BCUT2D eigenvalue weighted by atomic mass is 10.1. The summed E-state index contributed by atoms with van der Waals surface area (Å²) in [6.45, 7) is 5.44. The summed E-state index contributed by atoms with van der Waals surface area (Å²) in [4.78, 5) is 1.46. The second-order valence-electron chi connectivity index (χ2n) is 5.59. The van der Waals surface area contributed by atoms with Crippen molar-refractivity contribution in [3.63, 3.8) is 0 Å². The molecule has 0 radical (unpaired) electrons. The maximum Gasteiger partial charge on any atom is 0.0292 e. The number of fused-ring (bicyclic) bond motifs is 1. The van der Waals surface area contributed by atoms with Crippen LogP contribution in [0.2, 0.25) is 0 Å². The number of hydrogen-bond donors (Lipinski definition) is 1. The van der Waals surface area contributed by atoms with Crippen molar-refractivity contribution in [2.45, 2.75) is 36.5 Å². The van der Waals surface area contributed by atoms with Gasteiger partial charge in [-0.05, 0) is 37.5 Å². The lowest BCUT2D eigenvalue weighted by molar-refractivity contribution is 0.567. The van der Waals surface area contributed by atoms with Gasteiger partial charge in [0, 0.05) is 22.7 Å². The summed E-state index contributed by atoms with van der Waals surface area (Å²) in [5.41, 5.74) is 4.20. The van der Waals surface area contributed by atoms with Gasteiger partial charge in [0.15, 0.2) is 0 Å². The quantitative estimate of drug-likeness (QED) is 0.894. The van der Waals surface area contributed by atoms with Crippen LogP contribution in [0.3, 0.4) is 0 Å². The topological polar surface area (TPSA) is 12.0 Å². The van der Waals surface area contributed by atoms with E-state index in [1.165, 1.54) is 28.0 Å². The van der Waals surface area contributed by atoms with Gasteiger partial charge in [0.05, 0.1) is 0 Å². The van der Waals surface area contributed by atoms with Crippen LogP contribution in [0, 0.1) is 6.92 Å². The second kappa shape index (κ2) is 6.02.